The van der Waals surface area contributed by atoms with Crippen LogP contribution in [-0.2, 0) is 13.5 Å². The fourth-order valence-electron chi connectivity index (χ4n) is 3.38. The first-order valence-electron chi connectivity index (χ1n) is 9.14. The van der Waals surface area contributed by atoms with Crippen molar-refractivity contribution in [1.29, 1.82) is 0 Å². The maximum atomic E-state index is 5.19. The summed E-state index contributed by atoms with van der Waals surface area (Å²) in [6.45, 7) is 3.33. The lowest BCUT2D eigenvalue weighted by Gasteiger charge is -2.30. The number of methoxy groups -OCH3 is 1. The van der Waals surface area contributed by atoms with Crippen LogP contribution in [-0.4, -0.2) is 52.7 Å². The molecule has 1 fully saturated rings. The molecular weight excluding hydrogens is 344 g/mol. The second kappa shape index (κ2) is 9.24. The molecule has 5 nitrogen and oxygen atoms in total. The zero-order valence-corrected chi connectivity index (χ0v) is 16.7. The Kier molecular flexibility index (Phi) is 6.74. The fourth-order valence-corrected chi connectivity index (χ4v) is 3.89. The molecule has 26 heavy (non-hydrogen) atoms. The van der Waals surface area contributed by atoms with Crippen LogP contribution in [0.4, 0.5) is 0 Å². The quantitative estimate of drug-likeness (QED) is 0.696. The van der Waals surface area contributed by atoms with Gasteiger partial charge in [-0.3, -0.25) is 4.90 Å². The van der Waals surface area contributed by atoms with Gasteiger partial charge in [0.25, 0.3) is 0 Å². The van der Waals surface area contributed by atoms with Gasteiger partial charge in [-0.1, -0.05) is 36.0 Å². The van der Waals surface area contributed by atoms with Gasteiger partial charge in [-0.05, 0) is 55.8 Å². The molecule has 1 aromatic heterocycles. The first-order chi connectivity index (χ1) is 12.7. The van der Waals surface area contributed by atoms with Gasteiger partial charge in [0.05, 0.1) is 7.11 Å². The van der Waals surface area contributed by atoms with E-state index in [1.165, 1.54) is 18.4 Å². The van der Waals surface area contributed by atoms with E-state index in [4.69, 9.17) is 4.74 Å². The van der Waals surface area contributed by atoms with E-state index in [2.05, 4.69) is 51.0 Å². The highest BCUT2D eigenvalue weighted by atomic mass is 32.2. The average molecular weight is 373 g/mol. The SMILES string of the molecule is COc1ccc(C=CCN2CCC(Cc3nnc(SC)n3C)CC2)cc1. The maximum Gasteiger partial charge on any atom is 0.190 e. The van der Waals surface area contributed by atoms with E-state index < -0.39 is 0 Å². The minimum absolute atomic E-state index is 0.717. The topological polar surface area (TPSA) is 43.2 Å². The third-order valence-electron chi connectivity index (χ3n) is 5.08. The molecule has 2 heterocycles. The molecule has 0 spiro atoms. The molecule has 140 valence electrons. The van der Waals surface area contributed by atoms with Crippen molar-refractivity contribution >= 4 is 17.8 Å². The average Bonchev–Trinajstić information content (AvgIpc) is 3.03. The number of nitrogens with zero attached hydrogens (tertiary/aromatic N) is 4. The summed E-state index contributed by atoms with van der Waals surface area (Å²) in [6.07, 6.45) is 10.0. The molecule has 1 aliphatic heterocycles. The van der Waals surface area contributed by atoms with Crippen molar-refractivity contribution in [3.05, 3.63) is 41.7 Å². The van der Waals surface area contributed by atoms with Gasteiger partial charge in [-0.2, -0.15) is 0 Å². The highest BCUT2D eigenvalue weighted by molar-refractivity contribution is 7.98. The summed E-state index contributed by atoms with van der Waals surface area (Å²) in [6, 6.07) is 8.18. The van der Waals surface area contributed by atoms with Crippen LogP contribution < -0.4 is 4.74 Å². The Morgan fingerprint density at radius 2 is 1.92 bits per heavy atom. The van der Waals surface area contributed by atoms with Gasteiger partial charge < -0.3 is 9.30 Å². The van der Waals surface area contributed by atoms with Crippen molar-refractivity contribution in [1.82, 2.24) is 19.7 Å². The first-order valence-corrected chi connectivity index (χ1v) is 10.4. The van der Waals surface area contributed by atoms with E-state index in [0.717, 1.165) is 48.7 Å². The van der Waals surface area contributed by atoms with E-state index in [1.54, 1.807) is 18.9 Å². The summed E-state index contributed by atoms with van der Waals surface area (Å²) < 4.78 is 7.33. The van der Waals surface area contributed by atoms with Crippen molar-refractivity contribution in [2.24, 2.45) is 13.0 Å². The molecular formula is C20H28N4OS. The monoisotopic (exact) mass is 372 g/mol. The molecule has 1 saturated heterocycles. The lowest BCUT2D eigenvalue weighted by atomic mass is 9.93. The Balaban J connectivity index is 1.43. The Bertz CT molecular complexity index is 718. The fraction of sp³-hybridized carbons (Fsp3) is 0.500. The third-order valence-corrected chi connectivity index (χ3v) is 5.80. The lowest BCUT2D eigenvalue weighted by Crippen LogP contribution is -2.34. The van der Waals surface area contributed by atoms with E-state index in [9.17, 15) is 0 Å². The standard InChI is InChI=1S/C20H28N4OS/c1-23-19(21-22-20(23)26-3)15-17-10-13-24(14-11-17)12-4-5-16-6-8-18(25-2)9-7-16/h4-9,17H,10-15H2,1-3H3. The second-order valence-electron chi connectivity index (χ2n) is 6.79. The molecule has 0 amide bonds. The summed E-state index contributed by atoms with van der Waals surface area (Å²) in [5.74, 6) is 2.73. The van der Waals surface area contributed by atoms with Crippen LogP contribution in [0.15, 0.2) is 35.5 Å². The predicted octanol–water partition coefficient (Wildman–Crippen LogP) is 3.51. The zero-order chi connectivity index (χ0) is 18.4. The van der Waals surface area contributed by atoms with Crippen LogP contribution in [0.25, 0.3) is 6.08 Å². The lowest BCUT2D eigenvalue weighted by molar-refractivity contribution is 0.198. The van der Waals surface area contributed by atoms with Gasteiger partial charge >= 0.3 is 0 Å². The molecule has 3 rings (SSSR count). The minimum atomic E-state index is 0.717. The Labute approximate surface area is 160 Å². The molecule has 1 aromatic carbocycles. The summed E-state index contributed by atoms with van der Waals surface area (Å²) in [5, 5.41) is 9.60. The largest absolute Gasteiger partial charge is 0.497 e. The summed E-state index contributed by atoms with van der Waals surface area (Å²) >= 11 is 1.65. The number of likely N-dealkylation sites (tertiary alicyclic amines) is 1. The minimum Gasteiger partial charge on any atom is -0.497 e. The molecule has 0 saturated carbocycles. The Morgan fingerprint density at radius 3 is 2.54 bits per heavy atom. The van der Waals surface area contributed by atoms with Gasteiger partial charge in [-0.15, -0.1) is 10.2 Å². The van der Waals surface area contributed by atoms with Crippen molar-refractivity contribution in [2.75, 3.05) is 33.0 Å². The molecule has 0 unspecified atom stereocenters. The maximum absolute atomic E-state index is 5.19. The van der Waals surface area contributed by atoms with Gasteiger partial charge in [0, 0.05) is 20.0 Å². The Hall–Kier alpha value is -1.79. The van der Waals surface area contributed by atoms with Crippen molar-refractivity contribution in [3.8, 4) is 5.75 Å². The Morgan fingerprint density at radius 1 is 1.19 bits per heavy atom. The third kappa shape index (κ3) is 4.89. The molecule has 1 aliphatic rings. The number of hydrogen-bond acceptors (Lipinski definition) is 5. The van der Waals surface area contributed by atoms with E-state index in [-0.39, 0.29) is 0 Å². The van der Waals surface area contributed by atoms with E-state index >= 15 is 0 Å². The van der Waals surface area contributed by atoms with Crippen LogP contribution in [0.1, 0.15) is 24.2 Å². The van der Waals surface area contributed by atoms with Crippen LogP contribution in [0.5, 0.6) is 5.75 Å². The number of benzene rings is 1. The molecule has 6 heteroatoms. The highest BCUT2D eigenvalue weighted by Gasteiger charge is 2.21. The second-order valence-corrected chi connectivity index (χ2v) is 7.56. The molecule has 0 aliphatic carbocycles. The summed E-state index contributed by atoms with van der Waals surface area (Å²) in [7, 11) is 3.76. The highest BCUT2D eigenvalue weighted by Crippen LogP contribution is 2.22. The summed E-state index contributed by atoms with van der Waals surface area (Å²) in [5.41, 5.74) is 1.22. The molecule has 0 radical (unpaired) electrons. The number of aromatic nitrogens is 3. The number of rotatable bonds is 7. The number of piperidine rings is 1. The molecule has 0 N–H and O–H groups in total. The molecule has 2 aromatic rings. The van der Waals surface area contributed by atoms with Crippen LogP contribution in [0, 0.1) is 5.92 Å². The van der Waals surface area contributed by atoms with Crippen molar-refractivity contribution < 1.29 is 4.74 Å². The van der Waals surface area contributed by atoms with Crippen molar-refractivity contribution in [3.63, 3.8) is 0 Å². The van der Waals surface area contributed by atoms with Crippen LogP contribution in [0.2, 0.25) is 0 Å². The van der Waals surface area contributed by atoms with E-state index in [1.807, 2.05) is 18.4 Å². The van der Waals surface area contributed by atoms with Gasteiger partial charge in [0.15, 0.2) is 5.16 Å². The zero-order valence-electron chi connectivity index (χ0n) is 15.9. The molecule has 0 atom stereocenters. The van der Waals surface area contributed by atoms with Gasteiger partial charge in [-0.25, -0.2) is 0 Å². The first kappa shape index (κ1) is 19.0. The molecule has 0 bridgehead atoms. The summed E-state index contributed by atoms with van der Waals surface area (Å²) in [4.78, 5) is 2.53. The number of ether oxygens (including phenoxy) is 1. The van der Waals surface area contributed by atoms with E-state index in [0.29, 0.717) is 0 Å². The van der Waals surface area contributed by atoms with Gasteiger partial charge in [0.2, 0.25) is 0 Å². The van der Waals surface area contributed by atoms with Gasteiger partial charge in [0.1, 0.15) is 11.6 Å². The number of hydrogen-bond donors (Lipinski definition) is 0. The van der Waals surface area contributed by atoms with Crippen molar-refractivity contribution in [2.45, 2.75) is 24.4 Å². The number of thioether (sulfide) groups is 1. The van der Waals surface area contributed by atoms with Crippen LogP contribution in [0.3, 0.4) is 0 Å². The van der Waals surface area contributed by atoms with Crippen LogP contribution >= 0.6 is 11.8 Å². The smallest absolute Gasteiger partial charge is 0.190 e. The predicted molar refractivity (Wildman–Crippen MR) is 108 cm³/mol. The normalized spacial score (nSPS) is 16.4.